The SMILES string of the molecule is CCn1nccc1CN(C)S(=O)(=O)c1ccc(CC(C)C)cc1. The maximum Gasteiger partial charge on any atom is 0.243 e. The van der Waals surface area contributed by atoms with Crippen LogP contribution in [-0.2, 0) is 29.5 Å². The van der Waals surface area contributed by atoms with Crippen molar-refractivity contribution in [3.63, 3.8) is 0 Å². The van der Waals surface area contributed by atoms with Gasteiger partial charge in [-0.05, 0) is 43.0 Å². The van der Waals surface area contributed by atoms with Crippen LogP contribution in [0.3, 0.4) is 0 Å². The highest BCUT2D eigenvalue weighted by Gasteiger charge is 2.21. The smallest absolute Gasteiger partial charge is 0.243 e. The highest BCUT2D eigenvalue weighted by atomic mass is 32.2. The van der Waals surface area contributed by atoms with E-state index in [0.717, 1.165) is 24.2 Å². The molecule has 0 unspecified atom stereocenters. The Bertz CT molecular complexity index is 733. The predicted molar refractivity (Wildman–Crippen MR) is 91.5 cm³/mol. The largest absolute Gasteiger partial charge is 0.269 e. The molecular formula is C17H25N3O2S. The third-order valence-corrected chi connectivity index (χ3v) is 5.58. The van der Waals surface area contributed by atoms with Crippen LogP contribution in [0, 0.1) is 5.92 Å². The van der Waals surface area contributed by atoms with Crippen LogP contribution in [0.4, 0.5) is 0 Å². The van der Waals surface area contributed by atoms with Gasteiger partial charge in [0.2, 0.25) is 10.0 Å². The average Bonchev–Trinajstić information content (AvgIpc) is 2.94. The van der Waals surface area contributed by atoms with Crippen molar-refractivity contribution in [3.05, 3.63) is 47.8 Å². The van der Waals surface area contributed by atoms with Crippen molar-refractivity contribution in [2.24, 2.45) is 5.92 Å². The van der Waals surface area contributed by atoms with Gasteiger partial charge in [-0.25, -0.2) is 8.42 Å². The van der Waals surface area contributed by atoms with Gasteiger partial charge in [0, 0.05) is 19.8 Å². The molecule has 1 heterocycles. The lowest BCUT2D eigenvalue weighted by Gasteiger charge is -2.18. The lowest BCUT2D eigenvalue weighted by Crippen LogP contribution is -2.27. The van der Waals surface area contributed by atoms with E-state index >= 15 is 0 Å². The normalized spacial score (nSPS) is 12.3. The highest BCUT2D eigenvalue weighted by Crippen LogP contribution is 2.18. The van der Waals surface area contributed by atoms with Gasteiger partial charge >= 0.3 is 0 Å². The Balaban J connectivity index is 2.17. The number of aryl methyl sites for hydroxylation is 1. The maximum atomic E-state index is 12.7. The molecule has 1 aromatic carbocycles. The molecule has 0 bridgehead atoms. The molecular weight excluding hydrogens is 310 g/mol. The van der Waals surface area contributed by atoms with Crippen molar-refractivity contribution in [3.8, 4) is 0 Å². The van der Waals surface area contributed by atoms with E-state index in [-0.39, 0.29) is 0 Å². The second-order valence-corrected chi connectivity index (χ2v) is 8.19. The Morgan fingerprint density at radius 1 is 1.17 bits per heavy atom. The van der Waals surface area contributed by atoms with E-state index in [0.29, 0.717) is 17.4 Å². The minimum Gasteiger partial charge on any atom is -0.269 e. The van der Waals surface area contributed by atoms with Gasteiger partial charge in [0.25, 0.3) is 0 Å². The number of rotatable bonds is 7. The molecule has 0 fully saturated rings. The van der Waals surface area contributed by atoms with E-state index in [2.05, 4.69) is 18.9 Å². The quantitative estimate of drug-likeness (QED) is 0.782. The summed E-state index contributed by atoms with van der Waals surface area (Å²) in [7, 11) is -1.89. The average molecular weight is 335 g/mol. The molecule has 5 nitrogen and oxygen atoms in total. The molecule has 0 amide bonds. The second kappa shape index (κ2) is 7.27. The fourth-order valence-corrected chi connectivity index (χ4v) is 3.68. The van der Waals surface area contributed by atoms with Crippen LogP contribution in [-0.4, -0.2) is 29.6 Å². The number of sulfonamides is 1. The fraction of sp³-hybridized carbons (Fsp3) is 0.471. The molecule has 126 valence electrons. The fourth-order valence-electron chi connectivity index (χ4n) is 2.54. The Morgan fingerprint density at radius 3 is 2.39 bits per heavy atom. The van der Waals surface area contributed by atoms with E-state index in [4.69, 9.17) is 0 Å². The summed E-state index contributed by atoms with van der Waals surface area (Å²) in [6.45, 7) is 7.31. The third-order valence-electron chi connectivity index (χ3n) is 3.76. The maximum absolute atomic E-state index is 12.7. The molecule has 1 aromatic heterocycles. The number of benzene rings is 1. The molecule has 0 atom stereocenters. The highest BCUT2D eigenvalue weighted by molar-refractivity contribution is 7.89. The monoisotopic (exact) mass is 335 g/mol. The van der Waals surface area contributed by atoms with Gasteiger partial charge in [0.15, 0.2) is 0 Å². The topological polar surface area (TPSA) is 55.2 Å². The van der Waals surface area contributed by atoms with Gasteiger partial charge in [-0.1, -0.05) is 26.0 Å². The van der Waals surface area contributed by atoms with Gasteiger partial charge in [-0.2, -0.15) is 9.40 Å². The molecule has 6 heteroatoms. The molecule has 0 spiro atoms. The summed E-state index contributed by atoms with van der Waals surface area (Å²) in [5.41, 5.74) is 2.04. The number of nitrogens with zero attached hydrogens (tertiary/aromatic N) is 3. The van der Waals surface area contributed by atoms with Crippen molar-refractivity contribution in [2.75, 3.05) is 7.05 Å². The minimum atomic E-state index is -3.49. The van der Waals surface area contributed by atoms with Gasteiger partial charge in [-0.15, -0.1) is 0 Å². The first-order chi connectivity index (χ1) is 10.8. The summed E-state index contributed by atoms with van der Waals surface area (Å²) >= 11 is 0. The summed E-state index contributed by atoms with van der Waals surface area (Å²) in [5.74, 6) is 0.550. The number of aromatic nitrogens is 2. The van der Waals surface area contributed by atoms with Crippen LogP contribution in [0.5, 0.6) is 0 Å². The summed E-state index contributed by atoms with van der Waals surface area (Å²) in [5, 5.41) is 4.18. The molecule has 0 aliphatic heterocycles. The van der Waals surface area contributed by atoms with Crippen LogP contribution in [0.2, 0.25) is 0 Å². The lowest BCUT2D eigenvalue weighted by molar-refractivity contribution is 0.447. The molecule has 0 aliphatic carbocycles. The number of hydrogen-bond donors (Lipinski definition) is 0. The van der Waals surface area contributed by atoms with Crippen LogP contribution in [0.25, 0.3) is 0 Å². The zero-order valence-corrected chi connectivity index (χ0v) is 15.0. The standard InChI is InChI=1S/C17H25N3O2S/c1-5-20-16(10-11-18-20)13-19(4)23(21,22)17-8-6-15(7-9-17)12-14(2)3/h6-11,14H,5,12-13H2,1-4H3. The molecule has 0 radical (unpaired) electrons. The van der Waals surface area contributed by atoms with Crippen LogP contribution in [0.1, 0.15) is 32.0 Å². The summed E-state index contributed by atoms with van der Waals surface area (Å²) in [6.07, 6.45) is 2.64. The van der Waals surface area contributed by atoms with Crippen molar-refractivity contribution in [1.82, 2.24) is 14.1 Å². The van der Waals surface area contributed by atoms with Gasteiger partial charge in [-0.3, -0.25) is 4.68 Å². The van der Waals surface area contributed by atoms with E-state index in [1.165, 1.54) is 4.31 Å². The lowest BCUT2D eigenvalue weighted by atomic mass is 10.0. The number of hydrogen-bond acceptors (Lipinski definition) is 3. The zero-order chi connectivity index (χ0) is 17.0. The Kier molecular flexibility index (Phi) is 5.59. The molecule has 0 saturated carbocycles. The molecule has 23 heavy (non-hydrogen) atoms. The first kappa shape index (κ1) is 17.7. The Labute approximate surface area is 139 Å². The van der Waals surface area contributed by atoms with E-state index < -0.39 is 10.0 Å². The van der Waals surface area contributed by atoms with Gasteiger partial charge in [0.05, 0.1) is 17.1 Å². The van der Waals surface area contributed by atoms with Crippen molar-refractivity contribution in [1.29, 1.82) is 0 Å². The van der Waals surface area contributed by atoms with Crippen LogP contribution < -0.4 is 0 Å². The van der Waals surface area contributed by atoms with Crippen LogP contribution in [0.15, 0.2) is 41.4 Å². The second-order valence-electron chi connectivity index (χ2n) is 6.14. The summed E-state index contributed by atoms with van der Waals surface area (Å²) in [6, 6.07) is 9.04. The molecule has 2 aromatic rings. The zero-order valence-electron chi connectivity index (χ0n) is 14.2. The first-order valence-electron chi connectivity index (χ1n) is 7.90. The Hall–Kier alpha value is -1.66. The van der Waals surface area contributed by atoms with Crippen molar-refractivity contribution >= 4 is 10.0 Å². The Morgan fingerprint density at radius 2 is 1.83 bits per heavy atom. The van der Waals surface area contributed by atoms with Gasteiger partial charge in [0.1, 0.15) is 0 Å². The third kappa shape index (κ3) is 4.20. The first-order valence-corrected chi connectivity index (χ1v) is 9.34. The minimum absolute atomic E-state index is 0.309. The molecule has 0 N–H and O–H groups in total. The van der Waals surface area contributed by atoms with Crippen molar-refractivity contribution < 1.29 is 8.42 Å². The molecule has 2 rings (SSSR count). The van der Waals surface area contributed by atoms with E-state index in [1.54, 1.807) is 30.1 Å². The van der Waals surface area contributed by atoms with Crippen molar-refractivity contribution in [2.45, 2.75) is 45.2 Å². The van der Waals surface area contributed by atoms with E-state index in [1.807, 2.05) is 25.1 Å². The molecule has 0 saturated heterocycles. The van der Waals surface area contributed by atoms with Crippen LogP contribution >= 0.6 is 0 Å². The van der Waals surface area contributed by atoms with E-state index in [9.17, 15) is 8.42 Å². The summed E-state index contributed by atoms with van der Waals surface area (Å²) in [4.78, 5) is 0.329. The predicted octanol–water partition coefficient (Wildman–Crippen LogP) is 2.92. The molecule has 0 aliphatic rings. The summed E-state index contributed by atoms with van der Waals surface area (Å²) < 4.78 is 28.5. The van der Waals surface area contributed by atoms with Gasteiger partial charge < -0.3 is 0 Å².